The second kappa shape index (κ2) is 10.3. The first-order valence-electron chi connectivity index (χ1n) is 13.3. The maximum absolute atomic E-state index is 14.1. The van der Waals surface area contributed by atoms with E-state index < -0.39 is 5.97 Å². The molecule has 0 bridgehead atoms. The minimum atomic E-state index is -1.12. The summed E-state index contributed by atoms with van der Waals surface area (Å²) in [5.74, 6) is 0.519. The fraction of sp³-hybridized carbons (Fsp3) is 0.121. The molecule has 7 nitrogen and oxygen atoms in total. The number of methoxy groups -OCH3 is 1. The van der Waals surface area contributed by atoms with E-state index in [0.717, 1.165) is 35.2 Å². The lowest BCUT2D eigenvalue weighted by atomic mass is 9.83. The van der Waals surface area contributed by atoms with Crippen molar-refractivity contribution in [1.82, 2.24) is 4.57 Å². The number of allylic oxidation sites excluding steroid dienone is 1. The molecule has 0 unspecified atom stereocenters. The molecule has 2 aromatic heterocycles. The number of thiazole rings is 1. The highest BCUT2D eigenvalue weighted by Crippen LogP contribution is 2.43. The highest BCUT2D eigenvalue weighted by molar-refractivity contribution is 7.07. The van der Waals surface area contributed by atoms with Crippen molar-refractivity contribution in [2.24, 2.45) is 4.99 Å². The smallest absolute Gasteiger partial charge is 0.337 e. The van der Waals surface area contributed by atoms with Gasteiger partial charge in [-0.05, 0) is 60.4 Å². The Kier molecular flexibility index (Phi) is 6.45. The van der Waals surface area contributed by atoms with Crippen LogP contribution in [-0.2, 0) is 6.42 Å². The lowest BCUT2D eigenvalue weighted by Gasteiger charge is -2.31. The number of carboxylic acid groups (broad SMARTS) is 1. The summed E-state index contributed by atoms with van der Waals surface area (Å²) in [4.78, 5) is 31.2. The van der Waals surface area contributed by atoms with Gasteiger partial charge < -0.3 is 14.3 Å². The van der Waals surface area contributed by atoms with Gasteiger partial charge in [0.05, 0.1) is 34.0 Å². The lowest BCUT2D eigenvalue weighted by molar-refractivity contribution is 0.0697. The first-order valence-corrected chi connectivity index (χ1v) is 14.5. The minimum absolute atomic E-state index is 0.0118. The third kappa shape index (κ3) is 4.31. The van der Waals surface area contributed by atoms with Crippen molar-refractivity contribution in [2.75, 3.05) is 7.11 Å². The Morgan fingerprint density at radius 2 is 1.90 bits per heavy atom. The number of carbonyl (C=O) groups is 1. The van der Waals surface area contributed by atoms with E-state index in [9.17, 15) is 14.7 Å². The van der Waals surface area contributed by atoms with Crippen molar-refractivity contribution >= 4 is 40.7 Å². The van der Waals surface area contributed by atoms with Crippen LogP contribution in [0, 0.1) is 0 Å². The molecule has 5 aromatic rings. The van der Waals surface area contributed by atoms with Crippen LogP contribution >= 0.6 is 22.9 Å². The second-order valence-corrected chi connectivity index (χ2v) is 11.5. The van der Waals surface area contributed by atoms with Crippen molar-refractivity contribution in [3.63, 3.8) is 0 Å². The largest absolute Gasteiger partial charge is 0.496 e. The molecule has 0 amide bonds. The molecule has 9 heteroatoms. The van der Waals surface area contributed by atoms with Gasteiger partial charge in [-0.3, -0.25) is 9.36 Å². The van der Waals surface area contributed by atoms with Crippen LogP contribution in [0.5, 0.6) is 5.75 Å². The van der Waals surface area contributed by atoms with E-state index in [2.05, 4.69) is 12.1 Å². The summed E-state index contributed by atoms with van der Waals surface area (Å²) in [6.45, 7) is 0. The standard InChI is InChI=1S/C33H23ClN2O5S/c1-40-27-9-5-4-8-22(27)30-23-13-10-18-6-2-3-7-21(18)29(23)35-33-36(30)31(37)28(42-33)17-20-12-15-26(41-20)19-11-14-25(34)24(16-19)32(38)39/h2-9,11-12,14-17,30H,10,13H2,1H3,(H,38,39)/b28-17-/t30-/m0/s1. The Labute approximate surface area is 248 Å². The first-order chi connectivity index (χ1) is 20.4. The number of hydrogen-bond donors (Lipinski definition) is 1. The minimum Gasteiger partial charge on any atom is -0.496 e. The van der Waals surface area contributed by atoms with E-state index in [0.29, 0.717) is 32.2 Å². The maximum Gasteiger partial charge on any atom is 0.337 e. The van der Waals surface area contributed by atoms with E-state index in [1.165, 1.54) is 29.0 Å². The Hall–Kier alpha value is -4.66. The molecule has 7 rings (SSSR count). The topological polar surface area (TPSA) is 94.0 Å². The number of nitrogens with zero attached hydrogens (tertiary/aromatic N) is 2. The molecule has 0 saturated carbocycles. The zero-order chi connectivity index (χ0) is 29.0. The van der Waals surface area contributed by atoms with E-state index in [-0.39, 0.29) is 22.2 Å². The highest BCUT2D eigenvalue weighted by Gasteiger charge is 2.34. The van der Waals surface area contributed by atoms with E-state index >= 15 is 0 Å². The molecule has 2 aliphatic rings. The second-order valence-electron chi connectivity index (χ2n) is 10.1. The van der Waals surface area contributed by atoms with Crippen LogP contribution in [0.4, 0.5) is 0 Å². The number of halogens is 1. The number of aromatic nitrogens is 1. The Balaban J connectivity index is 1.39. The fourth-order valence-electron chi connectivity index (χ4n) is 5.75. The molecule has 0 radical (unpaired) electrons. The molecule has 1 atom stereocenters. The number of aromatic carboxylic acids is 1. The zero-order valence-corrected chi connectivity index (χ0v) is 23.9. The van der Waals surface area contributed by atoms with Gasteiger partial charge in [-0.25, -0.2) is 9.79 Å². The highest BCUT2D eigenvalue weighted by atomic mass is 35.5. The molecule has 3 heterocycles. The molecular formula is C33H23ClN2O5S. The van der Waals surface area contributed by atoms with Crippen LogP contribution in [0.15, 0.2) is 98.6 Å². The Morgan fingerprint density at radius 1 is 1.10 bits per heavy atom. The van der Waals surface area contributed by atoms with Gasteiger partial charge in [-0.15, -0.1) is 0 Å². The summed E-state index contributed by atoms with van der Waals surface area (Å²) in [7, 11) is 1.64. The first kappa shape index (κ1) is 26.3. The normalized spacial score (nSPS) is 16.0. The predicted octanol–water partition coefficient (Wildman–Crippen LogP) is 5.94. The summed E-state index contributed by atoms with van der Waals surface area (Å²) in [6, 6.07) is 23.9. The SMILES string of the molecule is COc1ccccc1[C@H]1C2=C(N=c3s/c(=C\c4ccc(-c5ccc(Cl)c(C(=O)O)c5)o4)c(=O)n31)c1ccccc1CC2. The molecule has 208 valence electrons. The molecule has 0 saturated heterocycles. The number of carboxylic acids is 1. The summed E-state index contributed by atoms with van der Waals surface area (Å²) in [6.07, 6.45) is 3.35. The molecule has 3 aromatic carbocycles. The zero-order valence-electron chi connectivity index (χ0n) is 22.3. The predicted molar refractivity (Wildman–Crippen MR) is 162 cm³/mol. The number of fused-ring (bicyclic) bond motifs is 3. The van der Waals surface area contributed by atoms with Gasteiger partial charge in [0.2, 0.25) is 0 Å². The van der Waals surface area contributed by atoms with Gasteiger partial charge in [0.15, 0.2) is 4.80 Å². The molecular weight excluding hydrogens is 572 g/mol. The average Bonchev–Trinajstić information content (AvgIpc) is 3.60. The fourth-order valence-corrected chi connectivity index (χ4v) is 6.93. The van der Waals surface area contributed by atoms with Crippen molar-refractivity contribution in [3.8, 4) is 17.1 Å². The molecule has 0 spiro atoms. The number of benzene rings is 3. The summed E-state index contributed by atoms with van der Waals surface area (Å²) in [5.41, 5.74) is 5.64. The van der Waals surface area contributed by atoms with Gasteiger partial charge >= 0.3 is 5.97 Å². The third-order valence-corrected chi connectivity index (χ3v) is 9.00. The van der Waals surface area contributed by atoms with Crippen molar-refractivity contribution < 1.29 is 19.1 Å². The van der Waals surface area contributed by atoms with Gasteiger partial charge in [0.1, 0.15) is 17.3 Å². The summed E-state index contributed by atoms with van der Waals surface area (Å²) in [5, 5.41) is 9.59. The van der Waals surface area contributed by atoms with Crippen LogP contribution in [0.25, 0.3) is 23.1 Å². The number of rotatable bonds is 5. The Bertz CT molecular complexity index is 2120. The Morgan fingerprint density at radius 3 is 2.74 bits per heavy atom. The van der Waals surface area contributed by atoms with Crippen LogP contribution in [0.1, 0.15) is 45.3 Å². The quantitative estimate of drug-likeness (QED) is 0.272. The molecule has 1 aliphatic carbocycles. The maximum atomic E-state index is 14.1. The van der Waals surface area contributed by atoms with Gasteiger partial charge in [-0.2, -0.15) is 0 Å². The van der Waals surface area contributed by atoms with E-state index in [1.54, 1.807) is 36.0 Å². The summed E-state index contributed by atoms with van der Waals surface area (Å²) < 4.78 is 14.0. The molecule has 1 aliphatic heterocycles. The van der Waals surface area contributed by atoms with Crippen molar-refractivity contribution in [2.45, 2.75) is 18.9 Å². The molecule has 1 N–H and O–H groups in total. The van der Waals surface area contributed by atoms with Crippen LogP contribution in [0.2, 0.25) is 5.02 Å². The molecule has 42 heavy (non-hydrogen) atoms. The number of furan rings is 1. The number of ether oxygens (including phenoxy) is 1. The van der Waals surface area contributed by atoms with E-state index in [4.69, 9.17) is 25.7 Å². The van der Waals surface area contributed by atoms with Gasteiger partial charge in [-0.1, -0.05) is 65.4 Å². The average molecular weight is 595 g/mol. The number of aryl methyl sites for hydroxylation is 1. The van der Waals surface area contributed by atoms with Crippen molar-refractivity contribution in [3.05, 3.63) is 137 Å². The van der Waals surface area contributed by atoms with E-state index in [1.807, 2.05) is 36.4 Å². The molecule has 0 fully saturated rings. The lowest BCUT2D eigenvalue weighted by Crippen LogP contribution is -2.38. The number of para-hydroxylation sites is 1. The summed E-state index contributed by atoms with van der Waals surface area (Å²) >= 11 is 7.34. The van der Waals surface area contributed by atoms with Crippen LogP contribution in [0.3, 0.4) is 0 Å². The third-order valence-electron chi connectivity index (χ3n) is 7.69. The van der Waals surface area contributed by atoms with Gasteiger partial charge in [0, 0.05) is 22.8 Å². The number of hydrogen-bond acceptors (Lipinski definition) is 6. The van der Waals surface area contributed by atoms with Gasteiger partial charge in [0.25, 0.3) is 5.56 Å². The van der Waals surface area contributed by atoms with Crippen LogP contribution < -0.4 is 19.6 Å². The monoisotopic (exact) mass is 594 g/mol. The van der Waals surface area contributed by atoms with Crippen LogP contribution in [-0.4, -0.2) is 22.8 Å². The van der Waals surface area contributed by atoms with Crippen molar-refractivity contribution in [1.29, 1.82) is 0 Å².